The molecule has 4 atom stereocenters. The summed E-state index contributed by atoms with van der Waals surface area (Å²) in [4.78, 5) is 25.8. The Morgan fingerprint density at radius 1 is 0.750 bits per heavy atom. The summed E-state index contributed by atoms with van der Waals surface area (Å²) >= 11 is -1.72. The standard InChI is InChI=1S/C21H33NO3Si.C21H31NO3Si.Al.3ClH/c2*1-20(2,3)26(4,5)25-21(13-14-21)19(24)16-11-12-17(18(16)23)22-15-9-7-6-8-10-15;;;;/h6-10,16-17,19,22,24H,11-14H2,1-5H3;6-10,17,22,24H,11-14H2,1-5H3;;3*1H/q;;+3;;;/p-3/b;19-16-;;;;. The molecule has 4 fully saturated rings. The van der Waals surface area contributed by atoms with Crippen LogP contribution in [0.4, 0.5) is 11.4 Å². The lowest BCUT2D eigenvalue weighted by molar-refractivity contribution is -0.128. The Morgan fingerprint density at radius 2 is 1.20 bits per heavy atom. The molecule has 4 aliphatic carbocycles. The zero-order valence-electron chi connectivity index (χ0n) is 35.0. The second kappa shape index (κ2) is 18.5. The number of aliphatic hydroxyl groups is 2. The Hall–Kier alpha value is -1.36. The molecule has 0 saturated heterocycles. The Morgan fingerprint density at radius 3 is 1.62 bits per heavy atom. The lowest BCUT2D eigenvalue weighted by Crippen LogP contribution is -2.51. The van der Waals surface area contributed by atoms with Gasteiger partial charge in [0.25, 0.3) is 0 Å². The fourth-order valence-electron chi connectivity index (χ4n) is 6.97. The van der Waals surface area contributed by atoms with Crippen LogP contribution in [-0.2, 0) is 18.4 Å². The van der Waals surface area contributed by atoms with Gasteiger partial charge in [-0.2, -0.15) is 0 Å². The van der Waals surface area contributed by atoms with Crippen molar-refractivity contribution in [3.63, 3.8) is 0 Å². The predicted octanol–water partition coefficient (Wildman–Crippen LogP) is 11.2. The summed E-state index contributed by atoms with van der Waals surface area (Å²) in [5.41, 5.74) is 1.35. The molecule has 8 nitrogen and oxygen atoms in total. The molecular formula is C42H64AlCl3N2O6Si2. The second-order valence-electron chi connectivity index (χ2n) is 18.9. The number of para-hydroxylation sites is 2. The first-order valence-electron chi connectivity index (χ1n) is 20.0. The Kier molecular flexibility index (Phi) is 15.6. The van der Waals surface area contributed by atoms with Gasteiger partial charge in [-0.15, -0.1) is 0 Å². The van der Waals surface area contributed by atoms with Gasteiger partial charge in [-0.3, -0.25) is 9.59 Å². The molecule has 0 aromatic heterocycles. The van der Waals surface area contributed by atoms with E-state index >= 15 is 0 Å². The maximum absolute atomic E-state index is 12.9. The summed E-state index contributed by atoms with van der Waals surface area (Å²) in [6.07, 6.45) is 5.46. The van der Waals surface area contributed by atoms with E-state index in [-0.39, 0.29) is 45.4 Å². The third kappa shape index (κ3) is 11.9. The monoisotopic (exact) mass is 880 g/mol. The van der Waals surface area contributed by atoms with Crippen LogP contribution >= 0.6 is 30.1 Å². The van der Waals surface area contributed by atoms with Crippen molar-refractivity contribution < 1.29 is 28.7 Å². The summed E-state index contributed by atoms with van der Waals surface area (Å²) in [5.74, 6) is 0.0242. The number of rotatable bonds is 11. The molecule has 0 aliphatic heterocycles. The fraction of sp³-hybridized carbons (Fsp3) is 0.619. The summed E-state index contributed by atoms with van der Waals surface area (Å²) in [5, 5.41) is 28.8. The number of ketones is 2. The summed E-state index contributed by atoms with van der Waals surface area (Å²) in [6.45, 7) is 22.0. The lowest BCUT2D eigenvalue weighted by Gasteiger charge is -2.41. The number of Topliss-reactive ketones (excluding diaryl/α,β-unsaturated/α-hetero) is 2. The van der Waals surface area contributed by atoms with Crippen LogP contribution in [0.3, 0.4) is 0 Å². The van der Waals surface area contributed by atoms with E-state index < -0.39 is 45.3 Å². The number of anilines is 2. The summed E-state index contributed by atoms with van der Waals surface area (Å²) < 4.78 is 13.1. The van der Waals surface area contributed by atoms with Crippen molar-refractivity contribution in [3.05, 3.63) is 72.0 Å². The minimum atomic E-state index is -2.01. The minimum Gasteiger partial charge on any atom is -0.509 e. The van der Waals surface area contributed by atoms with Gasteiger partial charge in [-0.25, -0.2) is 30.1 Å². The van der Waals surface area contributed by atoms with Crippen molar-refractivity contribution in [3.8, 4) is 0 Å². The number of carbonyl (C=O) groups excluding carboxylic acids is 2. The first-order valence-corrected chi connectivity index (χ1v) is 31.0. The number of hydrogen-bond acceptors (Lipinski definition) is 8. The molecule has 56 heavy (non-hydrogen) atoms. The highest BCUT2D eigenvalue weighted by Crippen LogP contribution is 2.54. The highest BCUT2D eigenvalue weighted by Gasteiger charge is 2.59. The van der Waals surface area contributed by atoms with E-state index in [0.717, 1.165) is 49.9 Å². The Balaban J connectivity index is 0.000000227. The zero-order valence-corrected chi connectivity index (χ0v) is 40.4. The highest BCUT2D eigenvalue weighted by atomic mass is 35.8. The minimum absolute atomic E-state index is 0.0106. The van der Waals surface area contributed by atoms with Crippen LogP contribution in [0, 0.1) is 5.92 Å². The molecule has 0 spiro atoms. The summed E-state index contributed by atoms with van der Waals surface area (Å²) in [7, 11) is 10.8. The number of hydrogen-bond donors (Lipinski definition) is 4. The van der Waals surface area contributed by atoms with E-state index in [0.29, 0.717) is 18.4 Å². The SMILES string of the molecule is CC(C)(C)[Si](C)(C)OC1(/C(O)=C2\CCC(Nc3ccccc3)C2=O)CC1.CC(C)(C)[Si](C)(C)OC1(C(O)C2CCC(Nc3ccccc3)C2=O)CC1.[Cl][Al]([Cl])[Cl]. The van der Waals surface area contributed by atoms with Crippen LogP contribution in [-0.4, -0.2) is 79.2 Å². The third-order valence-electron chi connectivity index (χ3n) is 12.6. The Bertz CT molecular complexity index is 1670. The molecule has 14 heteroatoms. The molecule has 0 bridgehead atoms. The van der Waals surface area contributed by atoms with E-state index in [1.165, 1.54) is 0 Å². The van der Waals surface area contributed by atoms with E-state index in [2.05, 4.69) is 78.4 Å². The van der Waals surface area contributed by atoms with E-state index in [9.17, 15) is 19.8 Å². The van der Waals surface area contributed by atoms with Crippen LogP contribution < -0.4 is 10.6 Å². The topological polar surface area (TPSA) is 117 Å². The van der Waals surface area contributed by atoms with Crippen molar-refractivity contribution >= 4 is 81.1 Å². The Labute approximate surface area is 354 Å². The van der Waals surface area contributed by atoms with Gasteiger partial charge in [0.1, 0.15) is 11.4 Å². The van der Waals surface area contributed by atoms with Crippen LogP contribution in [0.2, 0.25) is 36.3 Å². The summed E-state index contributed by atoms with van der Waals surface area (Å²) in [6, 6.07) is 19.1. The first kappa shape index (κ1) is 47.3. The molecule has 4 N–H and O–H groups in total. The fourth-order valence-corrected chi connectivity index (χ4v) is 10.2. The maximum Gasteiger partial charge on any atom is 0.643 e. The maximum atomic E-state index is 12.9. The molecule has 6 rings (SSSR count). The molecule has 0 amide bonds. The average molecular weight is 882 g/mol. The van der Waals surface area contributed by atoms with E-state index in [1.807, 2.05) is 60.7 Å². The van der Waals surface area contributed by atoms with Gasteiger partial charge in [0.2, 0.25) is 0 Å². The zero-order chi connectivity index (χ0) is 41.9. The van der Waals surface area contributed by atoms with Crippen LogP contribution in [0.25, 0.3) is 0 Å². The van der Waals surface area contributed by atoms with Crippen LogP contribution in [0.1, 0.15) is 92.9 Å². The third-order valence-corrected chi connectivity index (χ3v) is 21.6. The van der Waals surface area contributed by atoms with Crippen molar-refractivity contribution in [1.29, 1.82) is 0 Å². The normalized spacial score (nSPS) is 24.2. The number of benzene rings is 2. The van der Waals surface area contributed by atoms with Gasteiger partial charge in [0.15, 0.2) is 28.2 Å². The van der Waals surface area contributed by atoms with Gasteiger partial charge in [-0.1, -0.05) is 77.9 Å². The van der Waals surface area contributed by atoms with Gasteiger partial charge >= 0.3 is 11.4 Å². The number of nitrogens with one attached hydrogen (secondary N) is 2. The van der Waals surface area contributed by atoms with Crippen LogP contribution in [0.15, 0.2) is 72.0 Å². The largest absolute Gasteiger partial charge is 0.643 e. The number of carbonyl (C=O) groups is 2. The molecule has 310 valence electrons. The molecule has 2 aromatic carbocycles. The van der Waals surface area contributed by atoms with E-state index in [1.54, 1.807) is 0 Å². The van der Waals surface area contributed by atoms with Gasteiger partial charge in [-0.05, 0) is 112 Å². The molecule has 0 heterocycles. The highest BCUT2D eigenvalue weighted by molar-refractivity contribution is 7.54. The molecule has 0 radical (unpaired) electrons. The quantitative estimate of drug-likeness (QED) is 0.100. The van der Waals surface area contributed by atoms with Crippen molar-refractivity contribution in [1.82, 2.24) is 0 Å². The van der Waals surface area contributed by atoms with Gasteiger partial charge in [0.05, 0.1) is 23.8 Å². The van der Waals surface area contributed by atoms with Gasteiger partial charge in [0, 0.05) is 22.9 Å². The van der Waals surface area contributed by atoms with Crippen molar-refractivity contribution in [2.24, 2.45) is 5.92 Å². The van der Waals surface area contributed by atoms with Crippen LogP contribution in [0.5, 0.6) is 0 Å². The number of halogens is 3. The predicted molar refractivity (Wildman–Crippen MR) is 239 cm³/mol. The molecular weight excluding hydrogens is 818 g/mol. The van der Waals surface area contributed by atoms with Crippen molar-refractivity contribution in [2.45, 2.75) is 159 Å². The molecule has 4 aliphatic rings. The lowest BCUT2D eigenvalue weighted by atomic mass is 9.93. The molecule has 2 aromatic rings. The van der Waals surface area contributed by atoms with Crippen molar-refractivity contribution in [2.75, 3.05) is 10.6 Å². The molecule has 4 unspecified atom stereocenters. The number of aliphatic hydroxyl groups excluding tert-OH is 2. The van der Waals surface area contributed by atoms with E-state index in [4.69, 9.17) is 39.0 Å². The molecule has 4 saturated carbocycles. The second-order valence-corrected chi connectivity index (χ2v) is 34.8. The van der Waals surface area contributed by atoms with Gasteiger partial charge < -0.3 is 29.7 Å². The first-order chi connectivity index (χ1) is 25.8. The average Bonchev–Trinajstić information content (AvgIpc) is 3.99. The smallest absolute Gasteiger partial charge is 0.509 e.